The predicted octanol–water partition coefficient (Wildman–Crippen LogP) is 9.73. The molecule has 0 spiro atoms. The molecular weight excluding hydrogens is 1170 g/mol. The molecule has 0 bridgehead atoms. The van der Waals surface area contributed by atoms with E-state index in [9.17, 15) is 72.9 Å². The van der Waals surface area contributed by atoms with Crippen LogP contribution in [0, 0.1) is 24.5 Å². The molecule has 3 atom stereocenters. The van der Waals surface area contributed by atoms with Gasteiger partial charge in [0.2, 0.25) is 11.8 Å². The lowest BCUT2D eigenvalue weighted by atomic mass is 9.78. The molecule has 0 aliphatic heterocycles. The number of aryl methyl sites for hydroxylation is 2. The Morgan fingerprint density at radius 3 is 2.21 bits per heavy atom. The molecule has 0 saturated heterocycles. The van der Waals surface area contributed by atoms with E-state index in [-0.39, 0.29) is 67.4 Å². The summed E-state index contributed by atoms with van der Waals surface area (Å²) in [6.45, 7) is 3.26. The Hall–Kier alpha value is -6.94. The Bertz CT molecular complexity index is 3590. The van der Waals surface area contributed by atoms with Crippen molar-refractivity contribution >= 4 is 70.8 Å². The molecule has 82 heavy (non-hydrogen) atoms. The lowest BCUT2D eigenvalue weighted by Crippen LogP contribution is -2.37. The molecule has 0 fully saturated rings. The highest BCUT2D eigenvalue weighted by atomic mass is 35.5. The number of alkyl halides is 8. The molecule has 442 valence electrons. The van der Waals surface area contributed by atoms with E-state index in [1.54, 1.807) is 6.92 Å². The molecule has 3 aromatic heterocycles. The standard InChI is InChI=1S/C51H50ClF10N8O10PS/c1-7-30-8-9-31(42(64-30)35(18-26-16-28(53)20-29(54)17-26)65-37(71)22-68-45-33(15-25(3)50(45,58)59)44(66-68)51(60,61)62)32-10-11-34(52)40-43(32)69(23-49(55,56)57)67-46(40)70(82(6)79)38(72)21-48(4,5)41-24(2)14-27(19-36(41)80-81(76,77)78)47(75)63-13-12-39(73)74/h8-11,14,16-17,19-20,25,35H,7,12-13,15,18,21-23H2,1-6H3,(H,63,75)(H,65,71)(H,73,74)(H2,76,77,78)/t25-,35?,82?/m1/s1. The van der Waals surface area contributed by atoms with E-state index in [0.29, 0.717) is 15.1 Å². The summed E-state index contributed by atoms with van der Waals surface area (Å²) in [5.74, 6) is -13.6. The summed E-state index contributed by atoms with van der Waals surface area (Å²) in [5.41, 5.74) is -6.61. The number of carbonyl (C=O) groups excluding carboxylic acids is 3. The Morgan fingerprint density at radius 1 is 0.976 bits per heavy atom. The molecule has 2 unspecified atom stereocenters. The van der Waals surface area contributed by atoms with Gasteiger partial charge in [0.05, 0.1) is 34.1 Å². The summed E-state index contributed by atoms with van der Waals surface area (Å²) in [6.07, 6.45) is -11.8. The van der Waals surface area contributed by atoms with Crippen LogP contribution in [0.1, 0.15) is 102 Å². The van der Waals surface area contributed by atoms with Crippen molar-refractivity contribution in [2.45, 2.75) is 110 Å². The number of pyridine rings is 1. The second-order valence-electron chi connectivity index (χ2n) is 20.0. The van der Waals surface area contributed by atoms with Crippen LogP contribution in [0.5, 0.6) is 5.75 Å². The number of hydrogen-bond acceptors (Lipinski definition) is 10. The molecule has 3 heterocycles. The molecule has 1 aliphatic rings. The van der Waals surface area contributed by atoms with Crippen LogP contribution in [-0.4, -0.2) is 86.3 Å². The second-order valence-corrected chi connectivity index (χ2v) is 22.8. The fourth-order valence-electron chi connectivity index (χ4n) is 10.0. The molecule has 18 nitrogen and oxygen atoms in total. The summed E-state index contributed by atoms with van der Waals surface area (Å²) in [4.78, 5) is 77.5. The number of benzene rings is 3. The molecule has 31 heteroatoms. The average Bonchev–Trinajstić information content (AvgIpc) is 2.47. The second kappa shape index (κ2) is 23.4. The molecule has 5 N–H and O–H groups in total. The van der Waals surface area contributed by atoms with Gasteiger partial charge in [-0.2, -0.15) is 45.3 Å². The van der Waals surface area contributed by atoms with E-state index >= 15 is 8.78 Å². The van der Waals surface area contributed by atoms with Crippen molar-refractivity contribution in [3.05, 3.63) is 122 Å². The number of nitrogens with zero attached hydrogens (tertiary/aromatic N) is 6. The summed E-state index contributed by atoms with van der Waals surface area (Å²) in [7, 11) is -7.99. The number of phosphoric acid groups is 1. The Morgan fingerprint density at radius 2 is 1.62 bits per heavy atom. The van der Waals surface area contributed by atoms with Crippen LogP contribution >= 0.6 is 19.4 Å². The SMILES string of the molecule is CCc1ccc(-c2ccc(Cl)c3c(N(C(=O)CC(C)(C)c4c(C)cc(C(=O)NCCC(=O)O)cc4OP(=O)(O)O)S(C)=O)nn(CC(F)(F)F)c23)c(C(Cc2cc(F)cc(F)c2)NC(=O)Cn2nc(C(F)(F)F)c3c2C(F)(F)[C@H](C)C3)n1. The zero-order valence-corrected chi connectivity index (χ0v) is 46.4. The normalized spacial score (nSPS) is 15.3. The van der Waals surface area contributed by atoms with Gasteiger partial charge < -0.3 is 20.3 Å². The number of phosphoric ester groups is 1. The Labute approximate surface area is 467 Å². The number of amides is 3. The van der Waals surface area contributed by atoms with Crippen LogP contribution in [0.4, 0.5) is 49.7 Å². The summed E-state index contributed by atoms with van der Waals surface area (Å²) in [5, 5.41) is 20.5. The Balaban J connectivity index is 1.38. The molecule has 1 aliphatic carbocycles. The van der Waals surface area contributed by atoms with Crippen LogP contribution in [0.25, 0.3) is 22.0 Å². The molecule has 6 aromatic rings. The zero-order chi connectivity index (χ0) is 60.9. The molecule has 0 radical (unpaired) electrons. The van der Waals surface area contributed by atoms with E-state index < -0.39 is 168 Å². The number of carbonyl (C=O) groups is 4. The van der Waals surface area contributed by atoms with E-state index in [1.165, 1.54) is 45.0 Å². The number of aliphatic carboxylic acids is 1. The number of rotatable bonds is 20. The van der Waals surface area contributed by atoms with Gasteiger partial charge in [-0.15, -0.1) is 0 Å². The maximum Gasteiger partial charge on any atom is 0.524 e. The lowest BCUT2D eigenvalue weighted by molar-refractivity contribution is -0.143. The smallest absolute Gasteiger partial charge is 0.481 e. The zero-order valence-electron chi connectivity index (χ0n) is 43.9. The highest BCUT2D eigenvalue weighted by Crippen LogP contribution is 2.51. The first-order chi connectivity index (χ1) is 37.9. The minimum absolute atomic E-state index is 0.0915. The lowest BCUT2D eigenvalue weighted by Gasteiger charge is -2.31. The molecular formula is C51H50ClF10N8O10PS. The van der Waals surface area contributed by atoms with Crippen LogP contribution in [0.3, 0.4) is 0 Å². The van der Waals surface area contributed by atoms with Crippen molar-refractivity contribution in [2.75, 3.05) is 17.1 Å². The third kappa shape index (κ3) is 13.8. The number of carboxylic acid groups (broad SMARTS) is 1. The minimum atomic E-state index is -5.45. The van der Waals surface area contributed by atoms with E-state index in [2.05, 4.69) is 25.8 Å². The summed E-state index contributed by atoms with van der Waals surface area (Å²) < 4.78 is 180. The van der Waals surface area contributed by atoms with Crippen LogP contribution < -0.4 is 19.5 Å². The van der Waals surface area contributed by atoms with Crippen molar-refractivity contribution in [1.29, 1.82) is 0 Å². The van der Waals surface area contributed by atoms with Gasteiger partial charge >= 0.3 is 26.1 Å². The number of nitrogens with one attached hydrogen (secondary N) is 2. The number of aromatic nitrogens is 5. The van der Waals surface area contributed by atoms with Crippen molar-refractivity contribution in [3.8, 4) is 16.9 Å². The first-order valence-electron chi connectivity index (χ1n) is 24.5. The molecule has 0 saturated carbocycles. The van der Waals surface area contributed by atoms with Crippen LogP contribution in [-0.2, 0) is 79.8 Å². The maximum atomic E-state index is 15.6. The fourth-order valence-corrected chi connectivity index (χ4v) is 11.4. The summed E-state index contributed by atoms with van der Waals surface area (Å²) >= 11 is 6.81. The number of fused-ring (bicyclic) bond motifs is 2. The number of halogens is 11. The largest absolute Gasteiger partial charge is 0.524 e. The highest BCUT2D eigenvalue weighted by molar-refractivity contribution is 7.86. The Kier molecular flexibility index (Phi) is 17.9. The quantitative estimate of drug-likeness (QED) is 0.0353. The molecule has 3 amide bonds. The van der Waals surface area contributed by atoms with Crippen molar-refractivity contribution in [2.24, 2.45) is 5.92 Å². The van der Waals surface area contributed by atoms with Gasteiger partial charge in [-0.3, -0.25) is 43.3 Å². The fraction of sp³-hybridized carbons (Fsp3) is 0.392. The monoisotopic (exact) mass is 1220 g/mol. The van der Waals surface area contributed by atoms with Gasteiger partial charge in [0.15, 0.2) is 11.5 Å². The highest BCUT2D eigenvalue weighted by Gasteiger charge is 2.54. The average molecular weight is 1220 g/mol. The maximum absolute atomic E-state index is 15.6. The third-order valence-electron chi connectivity index (χ3n) is 13.2. The molecule has 7 rings (SSSR count). The van der Waals surface area contributed by atoms with Crippen molar-refractivity contribution in [1.82, 2.24) is 35.2 Å². The van der Waals surface area contributed by atoms with Gasteiger partial charge in [0.1, 0.15) is 47.2 Å². The van der Waals surface area contributed by atoms with Crippen LogP contribution in [0.15, 0.2) is 54.6 Å². The predicted molar refractivity (Wildman–Crippen MR) is 276 cm³/mol. The first-order valence-corrected chi connectivity index (χ1v) is 27.9. The van der Waals surface area contributed by atoms with Crippen molar-refractivity contribution in [3.63, 3.8) is 0 Å². The molecule has 3 aromatic carbocycles. The number of anilines is 1. The first kappa shape index (κ1) is 62.7. The number of hydrogen-bond donors (Lipinski definition) is 5. The van der Waals surface area contributed by atoms with Gasteiger partial charge in [-0.05, 0) is 73.7 Å². The van der Waals surface area contributed by atoms with E-state index in [0.717, 1.165) is 37.4 Å². The topological polar surface area (TPSA) is 248 Å². The number of carboxylic acids is 1. The van der Waals surface area contributed by atoms with Gasteiger partial charge in [0, 0.05) is 70.1 Å². The van der Waals surface area contributed by atoms with Gasteiger partial charge in [-0.25, -0.2) is 21.9 Å². The van der Waals surface area contributed by atoms with Gasteiger partial charge in [-0.1, -0.05) is 51.4 Å². The van der Waals surface area contributed by atoms with Crippen molar-refractivity contribution < 1.29 is 91.3 Å². The summed E-state index contributed by atoms with van der Waals surface area (Å²) in [6, 6.07) is 7.89. The van der Waals surface area contributed by atoms with Gasteiger partial charge in [0.25, 0.3) is 11.8 Å². The minimum Gasteiger partial charge on any atom is -0.481 e. The van der Waals surface area contributed by atoms with Crippen LogP contribution in [0.2, 0.25) is 5.02 Å². The van der Waals surface area contributed by atoms with E-state index in [1.807, 2.05) is 0 Å². The van der Waals surface area contributed by atoms with E-state index in [4.69, 9.17) is 21.2 Å². The third-order valence-corrected chi connectivity index (χ3v) is 14.9.